The zero-order valence-electron chi connectivity index (χ0n) is 44.2. The average Bonchev–Trinajstić information content (AvgIpc) is 3.33. The first-order chi connectivity index (χ1) is 32.8. The molecule has 0 bridgehead atoms. The largest absolute Gasteiger partial charge is 0.394 e. The molecule has 0 aliphatic carbocycles. The summed E-state index contributed by atoms with van der Waals surface area (Å²) in [6.45, 7) is 3.81. The Morgan fingerprint density at radius 2 is 0.821 bits per heavy atom. The van der Waals surface area contributed by atoms with Gasteiger partial charge in [0.2, 0.25) is 5.91 Å². The van der Waals surface area contributed by atoms with Gasteiger partial charge in [0, 0.05) is 6.42 Å². The van der Waals surface area contributed by atoms with Gasteiger partial charge in [0.1, 0.15) is 24.4 Å². The molecule has 1 rings (SSSR count). The second kappa shape index (κ2) is 48.6. The van der Waals surface area contributed by atoms with Crippen molar-refractivity contribution in [2.45, 2.75) is 339 Å². The summed E-state index contributed by atoms with van der Waals surface area (Å²) in [7, 11) is 0. The van der Waals surface area contributed by atoms with Crippen LogP contribution in [-0.2, 0) is 14.3 Å². The second-order valence-corrected chi connectivity index (χ2v) is 20.8. The highest BCUT2D eigenvalue weighted by molar-refractivity contribution is 5.76. The van der Waals surface area contributed by atoms with Crippen LogP contribution in [0.15, 0.2) is 12.2 Å². The minimum Gasteiger partial charge on any atom is -0.394 e. The zero-order chi connectivity index (χ0) is 48.7. The smallest absolute Gasteiger partial charge is 0.220 e. The molecule has 67 heavy (non-hydrogen) atoms. The molecule has 0 spiro atoms. The van der Waals surface area contributed by atoms with Gasteiger partial charge in [-0.15, -0.1) is 0 Å². The highest BCUT2D eigenvalue weighted by atomic mass is 16.7. The van der Waals surface area contributed by atoms with Crippen molar-refractivity contribution in [1.29, 1.82) is 0 Å². The number of carbonyl (C=O) groups is 1. The second-order valence-electron chi connectivity index (χ2n) is 20.8. The highest BCUT2D eigenvalue weighted by Gasteiger charge is 2.44. The number of unbranched alkanes of at least 4 members (excludes halogenated alkanes) is 41. The van der Waals surface area contributed by atoms with Crippen molar-refractivity contribution in [1.82, 2.24) is 5.32 Å². The first kappa shape index (κ1) is 63.9. The summed E-state index contributed by atoms with van der Waals surface area (Å²) >= 11 is 0. The van der Waals surface area contributed by atoms with Crippen molar-refractivity contribution in [3.8, 4) is 0 Å². The van der Waals surface area contributed by atoms with Gasteiger partial charge in [0.05, 0.1) is 25.4 Å². The molecule has 7 atom stereocenters. The molecular weight excluding hydrogens is 839 g/mol. The van der Waals surface area contributed by atoms with Gasteiger partial charge in [-0.1, -0.05) is 283 Å². The Bertz CT molecular complexity index is 1060. The molecule has 0 aromatic rings. The van der Waals surface area contributed by atoms with E-state index in [9.17, 15) is 30.3 Å². The Hall–Kier alpha value is -1.07. The summed E-state index contributed by atoms with van der Waals surface area (Å²) in [5.41, 5.74) is 0. The van der Waals surface area contributed by atoms with E-state index in [1.165, 1.54) is 238 Å². The van der Waals surface area contributed by atoms with Crippen LogP contribution < -0.4 is 5.32 Å². The molecule has 398 valence electrons. The van der Waals surface area contributed by atoms with Gasteiger partial charge in [0.15, 0.2) is 6.29 Å². The van der Waals surface area contributed by atoms with Gasteiger partial charge in [-0.05, 0) is 19.3 Å². The summed E-state index contributed by atoms with van der Waals surface area (Å²) in [5.74, 6) is -0.170. The summed E-state index contributed by atoms with van der Waals surface area (Å²) in [6, 6.07) is -0.800. The number of aliphatic hydroxyl groups excluding tert-OH is 5. The molecule has 9 heteroatoms. The monoisotopic (exact) mass is 952 g/mol. The first-order valence-electron chi connectivity index (χ1n) is 29.4. The number of rotatable bonds is 51. The lowest BCUT2D eigenvalue weighted by atomic mass is 9.99. The van der Waals surface area contributed by atoms with Crippen molar-refractivity contribution in [2.24, 2.45) is 0 Å². The Labute approximate surface area is 414 Å². The van der Waals surface area contributed by atoms with Crippen molar-refractivity contribution in [2.75, 3.05) is 13.2 Å². The fourth-order valence-electron chi connectivity index (χ4n) is 9.69. The fourth-order valence-corrected chi connectivity index (χ4v) is 9.69. The molecule has 0 aromatic heterocycles. The molecule has 9 nitrogen and oxygen atoms in total. The van der Waals surface area contributed by atoms with Gasteiger partial charge in [-0.3, -0.25) is 4.79 Å². The van der Waals surface area contributed by atoms with Gasteiger partial charge < -0.3 is 40.3 Å². The number of carbonyl (C=O) groups excluding carboxylic acids is 1. The average molecular weight is 953 g/mol. The third-order valence-electron chi connectivity index (χ3n) is 14.4. The highest BCUT2D eigenvalue weighted by Crippen LogP contribution is 2.23. The van der Waals surface area contributed by atoms with E-state index in [1.54, 1.807) is 6.08 Å². The number of nitrogens with one attached hydrogen (secondary N) is 1. The molecule has 1 saturated heterocycles. The molecule has 2 unspecified atom stereocenters. The number of ether oxygens (including phenoxy) is 2. The van der Waals surface area contributed by atoms with E-state index < -0.39 is 49.5 Å². The van der Waals surface area contributed by atoms with E-state index in [0.717, 1.165) is 38.5 Å². The van der Waals surface area contributed by atoms with Gasteiger partial charge in [-0.2, -0.15) is 0 Å². The van der Waals surface area contributed by atoms with Crippen LogP contribution in [0.1, 0.15) is 296 Å². The van der Waals surface area contributed by atoms with Crippen molar-refractivity contribution in [3.63, 3.8) is 0 Å². The SMILES string of the molecule is CCCCCCCCCCCCCCC/C=C/[C@@H](O)[C@H](CO[C@@H]1O[C@H](CO)[C@@H](O)C(O)C1O)NC(=O)CCCCCCCCCCCCCCCCCCCCCCCCCCCCCCC. The maximum Gasteiger partial charge on any atom is 0.220 e. The van der Waals surface area contributed by atoms with Crippen molar-refractivity contribution < 1.29 is 39.8 Å². The summed E-state index contributed by atoms with van der Waals surface area (Å²) in [4.78, 5) is 13.0. The van der Waals surface area contributed by atoms with Crippen LogP contribution >= 0.6 is 0 Å². The van der Waals surface area contributed by atoms with Crippen LogP contribution in [0, 0.1) is 0 Å². The number of hydrogen-bond acceptors (Lipinski definition) is 8. The van der Waals surface area contributed by atoms with E-state index in [1.807, 2.05) is 6.08 Å². The minimum absolute atomic E-state index is 0.170. The predicted octanol–water partition coefficient (Wildman–Crippen LogP) is 14.4. The zero-order valence-corrected chi connectivity index (χ0v) is 44.2. The molecule has 0 aromatic carbocycles. The lowest BCUT2D eigenvalue weighted by Gasteiger charge is -2.40. The van der Waals surface area contributed by atoms with Gasteiger partial charge in [0.25, 0.3) is 0 Å². The Balaban J connectivity index is 2.14. The van der Waals surface area contributed by atoms with E-state index in [0.29, 0.717) is 6.42 Å². The van der Waals surface area contributed by atoms with Gasteiger partial charge >= 0.3 is 0 Å². The van der Waals surface area contributed by atoms with Crippen LogP contribution in [-0.4, -0.2) is 87.5 Å². The first-order valence-corrected chi connectivity index (χ1v) is 29.4. The third-order valence-corrected chi connectivity index (χ3v) is 14.4. The summed E-state index contributed by atoms with van der Waals surface area (Å²) in [5, 5.41) is 54.5. The summed E-state index contributed by atoms with van der Waals surface area (Å²) in [6.07, 6.45) is 52.9. The lowest BCUT2D eigenvalue weighted by molar-refractivity contribution is -0.302. The third kappa shape index (κ3) is 38.3. The number of hydrogen-bond donors (Lipinski definition) is 6. The maximum atomic E-state index is 13.0. The van der Waals surface area contributed by atoms with E-state index in [2.05, 4.69) is 19.2 Å². The Morgan fingerprint density at radius 3 is 1.16 bits per heavy atom. The van der Waals surface area contributed by atoms with Crippen LogP contribution in [0.5, 0.6) is 0 Å². The standard InChI is InChI=1S/C58H113NO8/c1-3-5-7-9-11-13-15-17-19-20-21-22-23-24-25-26-27-28-29-30-31-32-34-36-38-40-42-44-46-48-54(62)59-51(50-66-58-57(65)56(64)55(63)53(49-60)67-58)52(61)47-45-43-41-39-37-35-33-18-16-14-12-10-8-6-4-2/h45,47,51-53,55-58,60-61,63-65H,3-44,46,48-50H2,1-2H3,(H,59,62)/b47-45+/t51-,52+,53+,55+,56?,57?,58+/m0/s1. The molecule has 1 heterocycles. The quantitative estimate of drug-likeness (QED) is 0.0261. The van der Waals surface area contributed by atoms with E-state index in [4.69, 9.17) is 9.47 Å². The molecule has 6 N–H and O–H groups in total. The minimum atomic E-state index is -1.56. The van der Waals surface area contributed by atoms with Crippen LogP contribution in [0.3, 0.4) is 0 Å². The van der Waals surface area contributed by atoms with Crippen LogP contribution in [0.2, 0.25) is 0 Å². The Morgan fingerprint density at radius 1 is 0.493 bits per heavy atom. The maximum absolute atomic E-state index is 13.0. The number of allylic oxidation sites excluding steroid dienone is 1. The Kier molecular flexibility index (Phi) is 46.3. The molecule has 1 aliphatic heterocycles. The molecule has 1 fully saturated rings. The van der Waals surface area contributed by atoms with E-state index >= 15 is 0 Å². The lowest BCUT2D eigenvalue weighted by Crippen LogP contribution is -2.60. The van der Waals surface area contributed by atoms with Crippen molar-refractivity contribution in [3.05, 3.63) is 12.2 Å². The molecule has 1 amide bonds. The van der Waals surface area contributed by atoms with Gasteiger partial charge in [-0.25, -0.2) is 0 Å². The molecule has 0 saturated carbocycles. The number of amides is 1. The van der Waals surface area contributed by atoms with Crippen LogP contribution in [0.25, 0.3) is 0 Å². The summed E-state index contributed by atoms with van der Waals surface area (Å²) < 4.78 is 11.3. The predicted molar refractivity (Wildman–Crippen MR) is 281 cm³/mol. The van der Waals surface area contributed by atoms with Crippen LogP contribution in [0.4, 0.5) is 0 Å². The molecule has 1 aliphatic rings. The molecule has 0 radical (unpaired) electrons. The normalized spacial score (nSPS) is 19.7. The topological polar surface area (TPSA) is 149 Å². The van der Waals surface area contributed by atoms with Crippen molar-refractivity contribution >= 4 is 5.91 Å². The fraction of sp³-hybridized carbons (Fsp3) is 0.948. The van der Waals surface area contributed by atoms with E-state index in [-0.39, 0.29) is 12.5 Å². The number of aliphatic hydroxyl groups is 5. The molecular formula is C58H113NO8.